The molecule has 0 saturated carbocycles. The minimum atomic E-state index is -1.17. The van der Waals surface area contributed by atoms with Gasteiger partial charge in [0.1, 0.15) is 41.2 Å². The summed E-state index contributed by atoms with van der Waals surface area (Å²) in [5.41, 5.74) is 8.23. The molecule has 1 unspecified atom stereocenters. The fourth-order valence-electron chi connectivity index (χ4n) is 7.06. The van der Waals surface area contributed by atoms with Crippen LogP contribution in [0.4, 0.5) is 10.2 Å². The number of likely N-dealkylation sites (tertiary alicyclic amines) is 1. The number of imide groups is 2. The van der Waals surface area contributed by atoms with Crippen LogP contribution in [0.2, 0.25) is 0 Å². The first-order valence-electron chi connectivity index (χ1n) is 16.3. The quantitative estimate of drug-likeness (QED) is 0.239. The third-order valence-corrected chi connectivity index (χ3v) is 9.47. The number of nitrogens with two attached hydrogens (primary N) is 1. The van der Waals surface area contributed by atoms with Crippen molar-refractivity contribution in [1.82, 2.24) is 34.9 Å². The molecule has 2 fully saturated rings. The van der Waals surface area contributed by atoms with E-state index in [0.29, 0.717) is 41.4 Å². The smallest absolute Gasteiger partial charge is 0.265 e. The van der Waals surface area contributed by atoms with Crippen LogP contribution in [0.3, 0.4) is 0 Å². The van der Waals surface area contributed by atoms with Gasteiger partial charge in [0.15, 0.2) is 5.65 Å². The number of para-hydroxylation sites is 1. The van der Waals surface area contributed by atoms with Gasteiger partial charge in [-0.3, -0.25) is 34.3 Å². The molecule has 3 N–H and O–H groups in total. The van der Waals surface area contributed by atoms with E-state index in [4.69, 9.17) is 15.6 Å². The number of halogens is 1. The molecule has 0 aliphatic carbocycles. The molecule has 5 aromatic rings. The first-order chi connectivity index (χ1) is 24.3. The summed E-state index contributed by atoms with van der Waals surface area (Å²) in [5, 5.41) is 7.79. The molecular formula is C36H31FN8O5. The van der Waals surface area contributed by atoms with Crippen LogP contribution in [0.25, 0.3) is 22.3 Å². The molecule has 14 heteroatoms. The third kappa shape index (κ3) is 5.43. The topological polar surface area (TPSA) is 166 Å². The fourth-order valence-corrected chi connectivity index (χ4v) is 7.06. The Hall–Kier alpha value is -6.02. The Morgan fingerprint density at radius 3 is 2.48 bits per heavy atom. The number of nitrogens with zero attached hydrogens (tertiary/aromatic N) is 6. The van der Waals surface area contributed by atoms with Crippen molar-refractivity contribution in [2.75, 3.05) is 18.8 Å². The molecule has 0 bridgehead atoms. The highest BCUT2D eigenvalue weighted by molar-refractivity contribution is 6.23. The molecule has 50 heavy (non-hydrogen) atoms. The largest absolute Gasteiger partial charge is 0.457 e. The molecule has 4 amide bonds. The molecule has 3 aromatic carbocycles. The van der Waals surface area contributed by atoms with Crippen molar-refractivity contribution in [2.45, 2.75) is 44.3 Å². The van der Waals surface area contributed by atoms with Gasteiger partial charge < -0.3 is 10.5 Å². The van der Waals surface area contributed by atoms with Crippen molar-refractivity contribution in [3.05, 3.63) is 95.6 Å². The number of nitrogen functional groups attached to an aromatic ring is 1. The van der Waals surface area contributed by atoms with Gasteiger partial charge in [0.25, 0.3) is 11.8 Å². The second kappa shape index (κ2) is 12.5. The summed E-state index contributed by atoms with van der Waals surface area (Å²) in [4.78, 5) is 62.2. The maximum Gasteiger partial charge on any atom is 0.265 e. The van der Waals surface area contributed by atoms with Gasteiger partial charge in [0, 0.05) is 30.6 Å². The molecule has 13 nitrogen and oxygen atoms in total. The summed E-state index contributed by atoms with van der Waals surface area (Å²) in [6.07, 6.45) is 2.97. The number of ether oxygens (including phenoxy) is 1. The van der Waals surface area contributed by atoms with Crippen molar-refractivity contribution in [2.24, 2.45) is 0 Å². The molecule has 8 rings (SSSR count). The summed E-state index contributed by atoms with van der Waals surface area (Å²) < 4.78 is 23.8. The van der Waals surface area contributed by atoms with Crippen LogP contribution in [-0.4, -0.2) is 72.3 Å². The lowest BCUT2D eigenvalue weighted by molar-refractivity contribution is -0.136. The Morgan fingerprint density at radius 1 is 0.920 bits per heavy atom. The second-order valence-electron chi connectivity index (χ2n) is 12.6. The fraction of sp³-hybridized carbons (Fsp3) is 0.250. The molecule has 2 atom stereocenters. The summed E-state index contributed by atoms with van der Waals surface area (Å²) >= 11 is 0. The maximum absolute atomic E-state index is 16.0. The van der Waals surface area contributed by atoms with Gasteiger partial charge >= 0.3 is 0 Å². The summed E-state index contributed by atoms with van der Waals surface area (Å²) in [6.45, 7) is 1.37. The van der Waals surface area contributed by atoms with Crippen LogP contribution < -0.4 is 15.8 Å². The number of rotatable bonds is 7. The Bertz CT molecular complexity index is 2190. The minimum Gasteiger partial charge on any atom is -0.457 e. The number of nitrogens with one attached hydrogen (secondary N) is 1. The highest BCUT2D eigenvalue weighted by Crippen LogP contribution is 2.36. The molecule has 5 heterocycles. The Kier molecular flexibility index (Phi) is 7.79. The number of piperidine rings is 2. The molecular weight excluding hydrogens is 643 g/mol. The highest BCUT2D eigenvalue weighted by atomic mass is 19.1. The lowest BCUT2D eigenvalue weighted by atomic mass is 10.0. The van der Waals surface area contributed by atoms with Crippen molar-refractivity contribution < 1.29 is 28.3 Å². The van der Waals surface area contributed by atoms with E-state index < -0.39 is 35.5 Å². The summed E-state index contributed by atoms with van der Waals surface area (Å²) in [7, 11) is 0. The van der Waals surface area contributed by atoms with E-state index in [0.717, 1.165) is 29.1 Å². The van der Waals surface area contributed by atoms with Gasteiger partial charge in [0.05, 0.1) is 22.6 Å². The maximum atomic E-state index is 16.0. The van der Waals surface area contributed by atoms with E-state index in [1.165, 1.54) is 18.5 Å². The SMILES string of the molecule is Nc1ncnc2c1c(-c1ccc(Oc3ccccc3)cc1)nn2[C@@H]1CCCN(Cc2ccc3c(c2F)C(=O)N(C2CCC(=O)NC2=O)C3=O)C1. The van der Waals surface area contributed by atoms with Crippen LogP contribution in [-0.2, 0) is 16.1 Å². The predicted molar refractivity (Wildman–Crippen MR) is 178 cm³/mol. The third-order valence-electron chi connectivity index (χ3n) is 9.47. The molecule has 2 saturated heterocycles. The molecule has 3 aliphatic rings. The van der Waals surface area contributed by atoms with Crippen LogP contribution in [0.1, 0.15) is 58.0 Å². The van der Waals surface area contributed by atoms with Crippen LogP contribution >= 0.6 is 0 Å². The zero-order valence-corrected chi connectivity index (χ0v) is 26.7. The van der Waals surface area contributed by atoms with Crippen LogP contribution in [0, 0.1) is 5.82 Å². The summed E-state index contributed by atoms with van der Waals surface area (Å²) in [5.74, 6) is -1.93. The average molecular weight is 675 g/mol. The Balaban J connectivity index is 1.03. The van der Waals surface area contributed by atoms with Gasteiger partial charge in [-0.15, -0.1) is 0 Å². The van der Waals surface area contributed by atoms with Gasteiger partial charge in [-0.1, -0.05) is 24.3 Å². The zero-order valence-electron chi connectivity index (χ0n) is 26.7. The monoisotopic (exact) mass is 674 g/mol. The number of carbonyl (C=O) groups is 4. The van der Waals surface area contributed by atoms with Crippen molar-refractivity contribution in [3.8, 4) is 22.8 Å². The lowest BCUT2D eigenvalue weighted by Gasteiger charge is -2.33. The minimum absolute atomic E-state index is 0.00580. The second-order valence-corrected chi connectivity index (χ2v) is 12.6. The van der Waals surface area contributed by atoms with Crippen molar-refractivity contribution in [1.29, 1.82) is 0 Å². The van der Waals surface area contributed by atoms with Gasteiger partial charge in [-0.05, 0) is 68.3 Å². The molecule has 0 spiro atoms. The molecule has 0 radical (unpaired) electrons. The molecule has 3 aliphatic heterocycles. The Morgan fingerprint density at radius 2 is 1.70 bits per heavy atom. The van der Waals surface area contributed by atoms with Crippen LogP contribution in [0.15, 0.2) is 73.1 Å². The van der Waals surface area contributed by atoms with E-state index >= 15 is 4.39 Å². The number of amides is 4. The first kappa shape index (κ1) is 31.3. The number of benzene rings is 3. The summed E-state index contributed by atoms with van der Waals surface area (Å²) in [6, 6.07) is 18.7. The zero-order chi connectivity index (χ0) is 34.5. The molecule has 2 aromatic heterocycles. The first-order valence-corrected chi connectivity index (χ1v) is 16.3. The average Bonchev–Trinajstić information content (AvgIpc) is 3.63. The van der Waals surface area contributed by atoms with Gasteiger partial charge in [-0.2, -0.15) is 5.10 Å². The van der Waals surface area contributed by atoms with E-state index in [1.807, 2.05) is 59.3 Å². The van der Waals surface area contributed by atoms with E-state index in [1.54, 1.807) is 0 Å². The predicted octanol–water partition coefficient (Wildman–Crippen LogP) is 4.25. The van der Waals surface area contributed by atoms with E-state index in [-0.39, 0.29) is 42.1 Å². The Labute approximate surface area is 284 Å². The van der Waals surface area contributed by atoms with Gasteiger partial charge in [0.2, 0.25) is 11.8 Å². The number of aromatic nitrogens is 4. The number of fused-ring (bicyclic) bond motifs is 2. The van der Waals surface area contributed by atoms with Crippen LogP contribution in [0.5, 0.6) is 11.5 Å². The number of carbonyl (C=O) groups excluding carboxylic acids is 4. The highest BCUT2D eigenvalue weighted by Gasteiger charge is 2.46. The van der Waals surface area contributed by atoms with E-state index in [9.17, 15) is 19.2 Å². The normalized spacial score (nSPS) is 19.6. The van der Waals surface area contributed by atoms with Crippen molar-refractivity contribution >= 4 is 40.5 Å². The van der Waals surface area contributed by atoms with E-state index in [2.05, 4.69) is 20.2 Å². The number of anilines is 1. The van der Waals surface area contributed by atoms with Crippen molar-refractivity contribution in [3.63, 3.8) is 0 Å². The van der Waals surface area contributed by atoms with Gasteiger partial charge in [-0.25, -0.2) is 19.0 Å². The molecule has 252 valence electrons. The lowest BCUT2D eigenvalue weighted by Crippen LogP contribution is -2.54. The number of hydrogen-bond acceptors (Lipinski definition) is 10. The standard InChI is InChI=1S/C36H31FN8O5/c37-30-21(10-13-25-28(30)36(49)44(35(25)48)26-14-15-27(46)41-34(26)47)17-43-16-4-5-22(18-43)45-33-29(32(38)39-19-40-33)31(42-45)20-8-11-24(12-9-20)50-23-6-2-1-3-7-23/h1-3,6-13,19,22,26H,4-5,14-18H2,(H2,38,39,40)(H,41,46,47)/t22-,26?/m1/s1. The number of hydrogen-bond donors (Lipinski definition) is 2.